The Bertz CT molecular complexity index is 777. The molecule has 120 valence electrons. The summed E-state index contributed by atoms with van der Waals surface area (Å²) in [4.78, 5) is 22.7. The van der Waals surface area contributed by atoms with Gasteiger partial charge in [-0.25, -0.2) is 0 Å². The molecular weight excluding hydrogens is 298 g/mol. The van der Waals surface area contributed by atoms with Gasteiger partial charge < -0.3 is 20.3 Å². The number of carbonyl (C=O) groups is 2. The fourth-order valence-corrected chi connectivity index (χ4v) is 2.90. The summed E-state index contributed by atoms with van der Waals surface area (Å²) in [5.74, 6) is -0.432. The highest BCUT2D eigenvalue weighted by atomic mass is 16.5. The first-order chi connectivity index (χ1) is 10.8. The average Bonchev–Trinajstić information content (AvgIpc) is 2.70. The minimum atomic E-state index is -0.928. The molecule has 0 spiro atoms. The lowest BCUT2D eigenvalue weighted by atomic mass is 9.86. The van der Waals surface area contributed by atoms with Gasteiger partial charge in [0, 0.05) is 36.7 Å². The predicted octanol–water partition coefficient (Wildman–Crippen LogP) is 1.63. The molecule has 3 rings (SSSR count). The molecule has 1 aliphatic carbocycles. The molecule has 0 saturated heterocycles. The molecule has 1 unspecified atom stereocenters. The average molecular weight is 315 g/mol. The lowest BCUT2D eigenvalue weighted by Crippen LogP contribution is -2.31. The third-order valence-electron chi connectivity index (χ3n) is 4.04. The van der Waals surface area contributed by atoms with Crippen molar-refractivity contribution in [1.29, 1.82) is 0 Å². The van der Waals surface area contributed by atoms with Crippen LogP contribution < -0.4 is 10.1 Å². The van der Waals surface area contributed by atoms with E-state index in [1.54, 1.807) is 13.0 Å². The molecule has 0 bridgehead atoms. The van der Waals surface area contributed by atoms with Crippen molar-refractivity contribution in [1.82, 2.24) is 5.32 Å². The number of benzene rings is 1. The highest BCUT2D eigenvalue weighted by molar-refractivity contribution is 6.11. The molecule has 2 aliphatic rings. The Balaban J connectivity index is 1.96. The van der Waals surface area contributed by atoms with E-state index in [-0.39, 0.29) is 17.4 Å². The van der Waals surface area contributed by atoms with Crippen LogP contribution in [0.15, 0.2) is 30.0 Å². The summed E-state index contributed by atoms with van der Waals surface area (Å²) in [6, 6.07) is 3.26. The molecule has 23 heavy (non-hydrogen) atoms. The summed E-state index contributed by atoms with van der Waals surface area (Å²) >= 11 is 0. The van der Waals surface area contributed by atoms with Gasteiger partial charge in [0.2, 0.25) is 11.7 Å². The number of rotatable bonds is 3. The lowest BCUT2D eigenvalue weighted by molar-refractivity contribution is -0.119. The van der Waals surface area contributed by atoms with Crippen LogP contribution in [0.25, 0.3) is 5.57 Å². The van der Waals surface area contributed by atoms with Gasteiger partial charge in [0.1, 0.15) is 11.5 Å². The zero-order chi connectivity index (χ0) is 16.8. The molecule has 6 nitrogen and oxygen atoms in total. The Labute approximate surface area is 133 Å². The van der Waals surface area contributed by atoms with Gasteiger partial charge in [0.15, 0.2) is 11.4 Å². The van der Waals surface area contributed by atoms with Crippen LogP contribution in [0.4, 0.5) is 0 Å². The van der Waals surface area contributed by atoms with Gasteiger partial charge in [-0.1, -0.05) is 0 Å². The second kappa shape index (κ2) is 5.15. The van der Waals surface area contributed by atoms with E-state index < -0.39 is 11.4 Å². The van der Waals surface area contributed by atoms with Crippen LogP contribution in [0.3, 0.4) is 0 Å². The summed E-state index contributed by atoms with van der Waals surface area (Å²) in [7, 11) is 0. The third-order valence-corrected chi connectivity index (χ3v) is 4.04. The number of fused-ring (bicyclic) bond motifs is 3. The second-order valence-electron chi connectivity index (χ2n) is 5.87. The van der Waals surface area contributed by atoms with E-state index in [9.17, 15) is 19.8 Å². The van der Waals surface area contributed by atoms with E-state index in [0.29, 0.717) is 35.4 Å². The summed E-state index contributed by atoms with van der Waals surface area (Å²) in [6.07, 6.45) is 3.19. The number of ether oxygens (including phenoxy) is 1. The molecule has 1 aromatic carbocycles. The maximum Gasteiger partial charge on any atom is 0.220 e. The number of phenols is 1. The van der Waals surface area contributed by atoms with Crippen molar-refractivity contribution in [2.75, 3.05) is 6.54 Å². The number of aromatic hydroxyl groups is 1. The lowest BCUT2D eigenvalue weighted by Gasteiger charge is -2.24. The molecule has 1 amide bonds. The largest absolute Gasteiger partial charge is 0.508 e. The first kappa shape index (κ1) is 15.1. The molecule has 0 aromatic heterocycles. The van der Waals surface area contributed by atoms with Crippen molar-refractivity contribution < 1.29 is 24.5 Å². The number of ketones is 1. The predicted molar refractivity (Wildman–Crippen MR) is 83.2 cm³/mol. The van der Waals surface area contributed by atoms with Gasteiger partial charge in [-0.15, -0.1) is 0 Å². The number of hydrogen-bond acceptors (Lipinski definition) is 5. The minimum Gasteiger partial charge on any atom is -0.508 e. The Morgan fingerprint density at radius 3 is 2.78 bits per heavy atom. The van der Waals surface area contributed by atoms with Crippen molar-refractivity contribution in [3.8, 4) is 11.5 Å². The number of aliphatic hydroxyl groups is 1. The number of phenolic OH excluding ortho intramolecular Hbond substituents is 1. The molecule has 1 atom stereocenters. The number of amides is 1. The van der Waals surface area contributed by atoms with Gasteiger partial charge in [-0.3, -0.25) is 9.59 Å². The maximum atomic E-state index is 11.7. The summed E-state index contributed by atoms with van der Waals surface area (Å²) in [6.45, 7) is 3.58. The van der Waals surface area contributed by atoms with Gasteiger partial charge in [-0.05, 0) is 31.1 Å². The Kier molecular flexibility index (Phi) is 3.39. The van der Waals surface area contributed by atoms with Crippen molar-refractivity contribution in [3.05, 3.63) is 41.2 Å². The van der Waals surface area contributed by atoms with E-state index in [1.807, 2.05) is 0 Å². The van der Waals surface area contributed by atoms with Crippen LogP contribution in [0.2, 0.25) is 0 Å². The Morgan fingerprint density at radius 2 is 2.09 bits per heavy atom. The van der Waals surface area contributed by atoms with Crippen molar-refractivity contribution >= 4 is 17.3 Å². The maximum absolute atomic E-state index is 11.7. The molecule has 0 fully saturated rings. The van der Waals surface area contributed by atoms with Crippen molar-refractivity contribution in [2.45, 2.75) is 25.9 Å². The molecule has 0 radical (unpaired) electrons. The fraction of sp³-hybridized carbons (Fsp3) is 0.294. The first-order valence-electron chi connectivity index (χ1n) is 7.28. The van der Waals surface area contributed by atoms with E-state index >= 15 is 0 Å². The minimum absolute atomic E-state index is 0.0662. The number of hydrogen-bond donors (Lipinski definition) is 3. The van der Waals surface area contributed by atoms with Crippen LogP contribution in [0, 0.1) is 0 Å². The second-order valence-corrected chi connectivity index (χ2v) is 5.87. The SMILES string of the molecule is CC(=O)NCCc1cc2c(cc1O)OC1(C)C=C(O)C(=O)C=C21. The van der Waals surface area contributed by atoms with E-state index in [2.05, 4.69) is 5.32 Å². The third kappa shape index (κ3) is 2.56. The molecule has 1 aromatic rings. The number of carbonyl (C=O) groups excluding carboxylic acids is 2. The van der Waals surface area contributed by atoms with Crippen LogP contribution in [-0.2, 0) is 16.0 Å². The normalized spacial score (nSPS) is 21.7. The van der Waals surface area contributed by atoms with Gasteiger partial charge in [0.05, 0.1) is 0 Å². The topological polar surface area (TPSA) is 95.9 Å². The zero-order valence-corrected chi connectivity index (χ0v) is 12.8. The van der Waals surface area contributed by atoms with Crippen molar-refractivity contribution in [3.63, 3.8) is 0 Å². The Hall–Kier alpha value is -2.76. The summed E-state index contributed by atoms with van der Waals surface area (Å²) < 4.78 is 5.81. The van der Waals surface area contributed by atoms with Crippen LogP contribution in [0.5, 0.6) is 11.5 Å². The fourth-order valence-electron chi connectivity index (χ4n) is 2.90. The van der Waals surface area contributed by atoms with Gasteiger partial charge in [-0.2, -0.15) is 0 Å². The van der Waals surface area contributed by atoms with Crippen molar-refractivity contribution in [2.24, 2.45) is 0 Å². The quantitative estimate of drug-likeness (QED) is 0.788. The molecule has 3 N–H and O–H groups in total. The van der Waals surface area contributed by atoms with Crippen LogP contribution >= 0.6 is 0 Å². The number of aliphatic hydroxyl groups excluding tert-OH is 1. The number of nitrogens with one attached hydrogen (secondary N) is 1. The highest BCUT2D eigenvalue weighted by Crippen LogP contribution is 2.48. The number of allylic oxidation sites excluding steroid dienone is 1. The smallest absolute Gasteiger partial charge is 0.220 e. The van der Waals surface area contributed by atoms with E-state index in [1.165, 1.54) is 25.1 Å². The standard InChI is InChI=1S/C17H17NO5/c1-9(19)18-4-3-10-5-11-12-6-14(21)15(22)8-17(12,2)23-16(11)7-13(10)20/h5-8,20,22H,3-4H2,1-2H3,(H,18,19). The van der Waals surface area contributed by atoms with E-state index in [0.717, 1.165) is 0 Å². The van der Waals surface area contributed by atoms with E-state index in [4.69, 9.17) is 4.74 Å². The molecule has 1 aliphatic heterocycles. The van der Waals surface area contributed by atoms with Crippen LogP contribution in [-0.4, -0.2) is 34.0 Å². The van der Waals surface area contributed by atoms with Gasteiger partial charge >= 0.3 is 0 Å². The molecule has 6 heteroatoms. The highest BCUT2D eigenvalue weighted by Gasteiger charge is 2.42. The van der Waals surface area contributed by atoms with Gasteiger partial charge in [0.25, 0.3) is 0 Å². The first-order valence-corrected chi connectivity index (χ1v) is 7.28. The summed E-state index contributed by atoms with van der Waals surface area (Å²) in [5.41, 5.74) is 1.08. The zero-order valence-electron chi connectivity index (χ0n) is 12.8. The van der Waals surface area contributed by atoms with Crippen LogP contribution in [0.1, 0.15) is 25.0 Å². The molecular formula is C17H17NO5. The monoisotopic (exact) mass is 315 g/mol. The summed E-state index contributed by atoms with van der Waals surface area (Å²) in [5, 5.41) is 22.4. The molecule has 1 heterocycles. The Morgan fingerprint density at radius 1 is 1.35 bits per heavy atom. The molecule has 0 saturated carbocycles.